The molecule has 0 radical (unpaired) electrons. The Labute approximate surface area is 103 Å². The molecule has 0 saturated carbocycles. The minimum absolute atomic E-state index is 1.06. The second-order valence-electron chi connectivity index (χ2n) is 4.26. The van der Waals surface area contributed by atoms with E-state index in [9.17, 15) is 0 Å². The second kappa shape index (κ2) is 4.88. The van der Waals surface area contributed by atoms with Crippen molar-refractivity contribution in [3.8, 4) is 0 Å². The summed E-state index contributed by atoms with van der Waals surface area (Å²) >= 11 is 0. The van der Waals surface area contributed by atoms with Crippen molar-refractivity contribution >= 4 is 11.3 Å². The summed E-state index contributed by atoms with van der Waals surface area (Å²) in [5.74, 6) is 0. The molecule has 0 aliphatic rings. The molecule has 86 valence electrons. The molecule has 0 N–H and O–H groups in total. The van der Waals surface area contributed by atoms with E-state index in [0.717, 1.165) is 5.57 Å². The number of benzene rings is 2. The van der Waals surface area contributed by atoms with Gasteiger partial charge in [0, 0.05) is 25.3 Å². The lowest BCUT2D eigenvalue weighted by atomic mass is 9.98. The lowest BCUT2D eigenvalue weighted by molar-refractivity contribution is 1.13. The van der Waals surface area contributed by atoms with Crippen LogP contribution in [0.25, 0.3) is 5.57 Å². The van der Waals surface area contributed by atoms with Crippen molar-refractivity contribution in [3.63, 3.8) is 0 Å². The maximum absolute atomic E-state index is 4.21. The number of hydrogen-bond donors (Lipinski definition) is 0. The quantitative estimate of drug-likeness (QED) is 0.764. The van der Waals surface area contributed by atoms with Crippen LogP contribution in [0.2, 0.25) is 0 Å². The van der Waals surface area contributed by atoms with Gasteiger partial charge in [0.2, 0.25) is 0 Å². The third-order valence-electron chi connectivity index (χ3n) is 2.83. The summed E-state index contributed by atoms with van der Waals surface area (Å²) in [6, 6.07) is 18.6. The van der Waals surface area contributed by atoms with Crippen molar-refractivity contribution in [2.45, 2.75) is 0 Å². The van der Waals surface area contributed by atoms with Crippen molar-refractivity contribution in [1.82, 2.24) is 0 Å². The minimum atomic E-state index is 1.06. The van der Waals surface area contributed by atoms with E-state index in [0.29, 0.717) is 0 Å². The van der Waals surface area contributed by atoms with Gasteiger partial charge in [-0.3, -0.25) is 0 Å². The summed E-state index contributed by atoms with van der Waals surface area (Å²) in [6.07, 6.45) is 0. The Hall–Kier alpha value is -2.02. The average molecular weight is 223 g/mol. The second-order valence-corrected chi connectivity index (χ2v) is 4.26. The fourth-order valence-electron chi connectivity index (χ4n) is 1.91. The molecule has 0 bridgehead atoms. The first-order valence-electron chi connectivity index (χ1n) is 5.71. The van der Waals surface area contributed by atoms with Crippen molar-refractivity contribution in [3.05, 3.63) is 72.3 Å². The van der Waals surface area contributed by atoms with Crippen molar-refractivity contribution in [2.75, 3.05) is 19.0 Å². The molecule has 0 unspecified atom stereocenters. The first kappa shape index (κ1) is 11.5. The van der Waals surface area contributed by atoms with Gasteiger partial charge in [0.25, 0.3) is 0 Å². The Morgan fingerprint density at radius 3 is 2.12 bits per heavy atom. The number of hydrogen-bond acceptors (Lipinski definition) is 1. The Bertz CT molecular complexity index is 512. The first-order chi connectivity index (χ1) is 8.20. The number of nitrogens with zero attached hydrogens (tertiary/aromatic N) is 1. The average Bonchev–Trinajstić information content (AvgIpc) is 2.39. The van der Waals surface area contributed by atoms with Gasteiger partial charge in [0.1, 0.15) is 0 Å². The Morgan fingerprint density at radius 1 is 0.882 bits per heavy atom. The lowest BCUT2D eigenvalue weighted by Gasteiger charge is -2.18. The molecule has 1 heteroatoms. The van der Waals surface area contributed by atoms with Crippen LogP contribution in [-0.2, 0) is 0 Å². The normalized spacial score (nSPS) is 10.0. The van der Waals surface area contributed by atoms with Crippen molar-refractivity contribution < 1.29 is 0 Å². The SMILES string of the molecule is C=C(c1ccccc1)c1ccccc1N(C)C. The van der Waals surface area contributed by atoms with Gasteiger partial charge < -0.3 is 4.90 Å². The van der Waals surface area contributed by atoms with Crippen LogP contribution in [0, 0.1) is 0 Å². The van der Waals surface area contributed by atoms with Crippen molar-refractivity contribution in [1.29, 1.82) is 0 Å². The predicted octanol–water partition coefficient (Wildman–Crippen LogP) is 3.81. The highest BCUT2D eigenvalue weighted by molar-refractivity contribution is 5.84. The molecular weight excluding hydrogens is 206 g/mol. The fraction of sp³-hybridized carbons (Fsp3) is 0.125. The van der Waals surface area contributed by atoms with Crippen LogP contribution in [-0.4, -0.2) is 14.1 Å². The van der Waals surface area contributed by atoms with Gasteiger partial charge >= 0.3 is 0 Å². The largest absolute Gasteiger partial charge is 0.377 e. The molecule has 0 heterocycles. The fourth-order valence-corrected chi connectivity index (χ4v) is 1.91. The van der Waals surface area contributed by atoms with Gasteiger partial charge in [0.05, 0.1) is 0 Å². The Kier molecular flexibility index (Phi) is 3.29. The molecule has 0 saturated heterocycles. The molecule has 1 nitrogen and oxygen atoms in total. The van der Waals surface area contributed by atoms with E-state index in [4.69, 9.17) is 0 Å². The molecule has 2 aromatic carbocycles. The van der Waals surface area contributed by atoms with Crippen LogP contribution in [0.15, 0.2) is 61.2 Å². The van der Waals surface area contributed by atoms with Gasteiger partial charge in [-0.2, -0.15) is 0 Å². The zero-order valence-corrected chi connectivity index (χ0v) is 10.4. The van der Waals surface area contributed by atoms with E-state index in [2.05, 4.69) is 62.0 Å². The molecule has 2 rings (SSSR count). The van der Waals surface area contributed by atoms with E-state index in [1.807, 2.05) is 18.2 Å². The maximum atomic E-state index is 4.21. The van der Waals surface area contributed by atoms with E-state index < -0.39 is 0 Å². The molecule has 0 fully saturated rings. The molecule has 0 amide bonds. The third-order valence-corrected chi connectivity index (χ3v) is 2.83. The van der Waals surface area contributed by atoms with Crippen LogP contribution in [0.4, 0.5) is 5.69 Å². The van der Waals surface area contributed by atoms with Crippen LogP contribution in [0.5, 0.6) is 0 Å². The smallest absolute Gasteiger partial charge is 0.0440 e. The highest BCUT2D eigenvalue weighted by Gasteiger charge is 2.08. The maximum Gasteiger partial charge on any atom is 0.0440 e. The third kappa shape index (κ3) is 2.39. The molecule has 0 atom stereocenters. The lowest BCUT2D eigenvalue weighted by Crippen LogP contribution is -2.10. The zero-order chi connectivity index (χ0) is 12.3. The topological polar surface area (TPSA) is 3.24 Å². The molecule has 2 aromatic rings. The van der Waals surface area contributed by atoms with E-state index in [1.54, 1.807) is 0 Å². The summed E-state index contributed by atoms with van der Waals surface area (Å²) in [5, 5.41) is 0. The summed E-state index contributed by atoms with van der Waals surface area (Å²) in [4.78, 5) is 2.11. The summed E-state index contributed by atoms with van der Waals surface area (Å²) < 4.78 is 0. The number of anilines is 1. The highest BCUT2D eigenvalue weighted by Crippen LogP contribution is 2.29. The van der Waals surface area contributed by atoms with Crippen LogP contribution >= 0.6 is 0 Å². The van der Waals surface area contributed by atoms with E-state index in [1.165, 1.54) is 16.8 Å². The first-order valence-corrected chi connectivity index (χ1v) is 5.71. The molecule has 17 heavy (non-hydrogen) atoms. The summed E-state index contributed by atoms with van der Waals surface area (Å²) in [5.41, 5.74) is 4.61. The molecule has 0 aliphatic carbocycles. The molecular formula is C16H17N. The Balaban J connectivity index is 2.45. The van der Waals surface area contributed by atoms with Gasteiger partial charge in [0.15, 0.2) is 0 Å². The van der Waals surface area contributed by atoms with Gasteiger partial charge in [-0.05, 0) is 17.2 Å². The van der Waals surface area contributed by atoms with Crippen molar-refractivity contribution in [2.24, 2.45) is 0 Å². The zero-order valence-electron chi connectivity index (χ0n) is 10.4. The molecule has 0 spiro atoms. The van der Waals surface area contributed by atoms with Gasteiger partial charge in [-0.15, -0.1) is 0 Å². The predicted molar refractivity (Wildman–Crippen MR) is 75.3 cm³/mol. The summed E-state index contributed by atoms with van der Waals surface area (Å²) in [6.45, 7) is 4.21. The van der Waals surface area contributed by atoms with Gasteiger partial charge in [-0.1, -0.05) is 55.1 Å². The Morgan fingerprint density at radius 2 is 1.47 bits per heavy atom. The van der Waals surface area contributed by atoms with E-state index >= 15 is 0 Å². The standard InChI is InChI=1S/C16H17N/c1-13(14-9-5-4-6-10-14)15-11-7-8-12-16(15)17(2)3/h4-12H,1H2,2-3H3. The van der Waals surface area contributed by atoms with Gasteiger partial charge in [-0.25, -0.2) is 0 Å². The monoisotopic (exact) mass is 223 g/mol. The van der Waals surface area contributed by atoms with Crippen LogP contribution in [0.3, 0.4) is 0 Å². The molecule has 0 aromatic heterocycles. The number of para-hydroxylation sites is 1. The van der Waals surface area contributed by atoms with Crippen LogP contribution in [0.1, 0.15) is 11.1 Å². The van der Waals surface area contributed by atoms with Crippen LogP contribution < -0.4 is 4.90 Å². The summed E-state index contributed by atoms with van der Waals surface area (Å²) in [7, 11) is 4.11. The minimum Gasteiger partial charge on any atom is -0.377 e. The molecule has 0 aliphatic heterocycles. The number of rotatable bonds is 3. The highest BCUT2D eigenvalue weighted by atomic mass is 15.1. The van der Waals surface area contributed by atoms with E-state index in [-0.39, 0.29) is 0 Å².